The molecule has 0 saturated carbocycles. The molecule has 0 unspecified atom stereocenters. The van der Waals surface area contributed by atoms with Gasteiger partial charge in [0.1, 0.15) is 5.82 Å². The fourth-order valence-corrected chi connectivity index (χ4v) is 2.09. The number of carbonyl (C=O) groups is 1. The van der Waals surface area contributed by atoms with E-state index in [2.05, 4.69) is 5.32 Å². The molecule has 0 spiro atoms. The van der Waals surface area contributed by atoms with Gasteiger partial charge in [-0.3, -0.25) is 9.69 Å². The maximum atomic E-state index is 12.7. The van der Waals surface area contributed by atoms with Crippen molar-refractivity contribution in [1.29, 1.82) is 0 Å². The second kappa shape index (κ2) is 5.04. The van der Waals surface area contributed by atoms with Crippen molar-refractivity contribution in [3.8, 4) is 0 Å². The first kappa shape index (κ1) is 13.0. The molecular weight excluding hydrogens is 235 g/mol. The van der Waals surface area contributed by atoms with Gasteiger partial charge in [0.15, 0.2) is 0 Å². The van der Waals surface area contributed by atoms with E-state index < -0.39 is 5.60 Å². The number of hydrogen-bond donors (Lipinski definition) is 2. The van der Waals surface area contributed by atoms with Crippen LogP contribution in [0.25, 0.3) is 0 Å². The van der Waals surface area contributed by atoms with Gasteiger partial charge in [0.2, 0.25) is 5.91 Å². The van der Waals surface area contributed by atoms with Crippen LogP contribution in [0.5, 0.6) is 0 Å². The predicted molar refractivity (Wildman–Crippen MR) is 65.3 cm³/mol. The van der Waals surface area contributed by atoms with Crippen LogP contribution in [0.3, 0.4) is 0 Å². The fraction of sp³-hybridized carbons (Fsp3) is 0.462. The lowest BCUT2D eigenvalue weighted by molar-refractivity contribution is -0.130. The summed E-state index contributed by atoms with van der Waals surface area (Å²) in [5.74, 6) is -0.372. The van der Waals surface area contributed by atoms with E-state index in [1.54, 1.807) is 19.1 Å². The van der Waals surface area contributed by atoms with Gasteiger partial charge in [-0.2, -0.15) is 0 Å². The SMILES string of the molecule is CC1(O)CN(CC(=O)NCc2ccc(F)cc2)C1. The molecule has 0 bridgehead atoms. The molecule has 18 heavy (non-hydrogen) atoms. The molecule has 1 aliphatic heterocycles. The van der Waals surface area contributed by atoms with Gasteiger partial charge in [0, 0.05) is 19.6 Å². The summed E-state index contributed by atoms with van der Waals surface area (Å²) in [7, 11) is 0. The Morgan fingerprint density at radius 1 is 1.44 bits per heavy atom. The molecule has 0 radical (unpaired) electrons. The van der Waals surface area contributed by atoms with Gasteiger partial charge >= 0.3 is 0 Å². The summed E-state index contributed by atoms with van der Waals surface area (Å²) in [5.41, 5.74) is 0.206. The van der Waals surface area contributed by atoms with Crippen LogP contribution in [-0.4, -0.2) is 41.1 Å². The molecule has 98 valence electrons. The number of benzene rings is 1. The first-order valence-electron chi connectivity index (χ1n) is 5.90. The van der Waals surface area contributed by atoms with Crippen molar-refractivity contribution in [3.63, 3.8) is 0 Å². The van der Waals surface area contributed by atoms with Crippen molar-refractivity contribution in [2.24, 2.45) is 0 Å². The number of nitrogens with zero attached hydrogens (tertiary/aromatic N) is 1. The third-order valence-corrected chi connectivity index (χ3v) is 2.90. The van der Waals surface area contributed by atoms with Gasteiger partial charge in [-0.1, -0.05) is 12.1 Å². The van der Waals surface area contributed by atoms with Crippen LogP contribution in [0.15, 0.2) is 24.3 Å². The molecule has 1 fully saturated rings. The minimum absolute atomic E-state index is 0.0881. The van der Waals surface area contributed by atoms with E-state index in [0.29, 0.717) is 19.6 Å². The highest BCUT2D eigenvalue weighted by atomic mass is 19.1. The topological polar surface area (TPSA) is 52.6 Å². The zero-order chi connectivity index (χ0) is 13.2. The Labute approximate surface area is 105 Å². The normalized spacial score (nSPS) is 18.2. The molecule has 0 aromatic heterocycles. The Balaban J connectivity index is 1.71. The second-order valence-electron chi connectivity index (χ2n) is 5.05. The van der Waals surface area contributed by atoms with Crippen LogP contribution in [0.2, 0.25) is 0 Å². The van der Waals surface area contributed by atoms with Gasteiger partial charge in [-0.25, -0.2) is 4.39 Å². The summed E-state index contributed by atoms with van der Waals surface area (Å²) in [6.07, 6.45) is 0. The molecule has 1 aliphatic rings. The van der Waals surface area contributed by atoms with E-state index in [1.807, 2.05) is 4.90 Å². The predicted octanol–water partition coefficient (Wildman–Crippen LogP) is 0.508. The van der Waals surface area contributed by atoms with Crippen LogP contribution in [0.1, 0.15) is 12.5 Å². The third kappa shape index (κ3) is 3.51. The number of halogens is 1. The molecule has 1 saturated heterocycles. The number of likely N-dealkylation sites (tertiary alicyclic amines) is 1. The Kier molecular flexibility index (Phi) is 3.63. The first-order valence-corrected chi connectivity index (χ1v) is 5.90. The van der Waals surface area contributed by atoms with Gasteiger partial charge in [-0.15, -0.1) is 0 Å². The van der Waals surface area contributed by atoms with E-state index in [4.69, 9.17) is 0 Å². The van der Waals surface area contributed by atoms with E-state index >= 15 is 0 Å². The number of rotatable bonds is 4. The van der Waals surface area contributed by atoms with E-state index in [1.165, 1.54) is 12.1 Å². The largest absolute Gasteiger partial charge is 0.388 e. The maximum absolute atomic E-state index is 12.7. The average Bonchev–Trinajstić information content (AvgIpc) is 2.26. The summed E-state index contributed by atoms with van der Waals surface area (Å²) in [6, 6.07) is 6.02. The van der Waals surface area contributed by atoms with Gasteiger partial charge < -0.3 is 10.4 Å². The Bertz CT molecular complexity index is 423. The average molecular weight is 252 g/mol. The molecule has 1 heterocycles. The quantitative estimate of drug-likeness (QED) is 0.821. The van der Waals surface area contributed by atoms with Crippen molar-refractivity contribution < 1.29 is 14.3 Å². The second-order valence-corrected chi connectivity index (χ2v) is 5.05. The third-order valence-electron chi connectivity index (χ3n) is 2.90. The summed E-state index contributed by atoms with van der Waals surface area (Å²) in [6.45, 7) is 3.48. The van der Waals surface area contributed by atoms with Gasteiger partial charge in [0.05, 0.1) is 12.1 Å². The summed E-state index contributed by atoms with van der Waals surface area (Å²) < 4.78 is 12.7. The number of aliphatic hydroxyl groups is 1. The van der Waals surface area contributed by atoms with E-state index in [9.17, 15) is 14.3 Å². The van der Waals surface area contributed by atoms with Gasteiger partial charge in [-0.05, 0) is 24.6 Å². The van der Waals surface area contributed by atoms with Crippen LogP contribution < -0.4 is 5.32 Å². The molecule has 4 nitrogen and oxygen atoms in total. The van der Waals surface area contributed by atoms with Crippen molar-refractivity contribution in [2.45, 2.75) is 19.1 Å². The maximum Gasteiger partial charge on any atom is 0.234 e. The van der Waals surface area contributed by atoms with Crippen LogP contribution in [-0.2, 0) is 11.3 Å². The Hall–Kier alpha value is -1.46. The van der Waals surface area contributed by atoms with Crippen molar-refractivity contribution in [1.82, 2.24) is 10.2 Å². The van der Waals surface area contributed by atoms with E-state index in [0.717, 1.165) is 5.56 Å². The molecule has 2 N–H and O–H groups in total. The zero-order valence-corrected chi connectivity index (χ0v) is 10.3. The van der Waals surface area contributed by atoms with Gasteiger partial charge in [0.25, 0.3) is 0 Å². The standard InChI is InChI=1S/C13H17FN2O2/c1-13(18)8-16(9-13)7-12(17)15-6-10-2-4-11(14)5-3-10/h2-5,18H,6-9H2,1H3,(H,15,17). The van der Waals surface area contributed by atoms with Crippen LogP contribution >= 0.6 is 0 Å². The van der Waals surface area contributed by atoms with Crippen LogP contribution in [0, 0.1) is 5.82 Å². The number of nitrogens with one attached hydrogen (secondary N) is 1. The Morgan fingerprint density at radius 2 is 2.06 bits per heavy atom. The highest BCUT2D eigenvalue weighted by molar-refractivity contribution is 5.78. The van der Waals surface area contributed by atoms with Crippen molar-refractivity contribution in [3.05, 3.63) is 35.6 Å². The molecule has 1 aromatic carbocycles. The fourth-order valence-electron chi connectivity index (χ4n) is 2.09. The monoisotopic (exact) mass is 252 g/mol. The molecule has 2 rings (SSSR count). The summed E-state index contributed by atoms with van der Waals surface area (Å²) in [5, 5.41) is 12.3. The molecule has 0 atom stereocenters. The lowest BCUT2D eigenvalue weighted by Gasteiger charge is -2.43. The van der Waals surface area contributed by atoms with Crippen LogP contribution in [0.4, 0.5) is 4.39 Å². The highest BCUT2D eigenvalue weighted by Crippen LogP contribution is 2.18. The number of carbonyl (C=O) groups excluding carboxylic acids is 1. The summed E-state index contributed by atoms with van der Waals surface area (Å²) in [4.78, 5) is 13.5. The molecule has 5 heteroatoms. The smallest absolute Gasteiger partial charge is 0.234 e. The number of hydrogen-bond acceptors (Lipinski definition) is 3. The zero-order valence-electron chi connectivity index (χ0n) is 10.3. The van der Waals surface area contributed by atoms with E-state index in [-0.39, 0.29) is 18.3 Å². The molecule has 1 amide bonds. The Morgan fingerprint density at radius 3 is 2.61 bits per heavy atom. The minimum Gasteiger partial charge on any atom is -0.388 e. The molecule has 1 aromatic rings. The molecular formula is C13H17FN2O2. The summed E-state index contributed by atoms with van der Waals surface area (Å²) >= 11 is 0. The number of β-amino-alcohol motifs (C(OH)–C–C–N with tert-alkyl or cyclic N) is 1. The number of amides is 1. The van der Waals surface area contributed by atoms with Crippen molar-refractivity contribution >= 4 is 5.91 Å². The first-order chi connectivity index (χ1) is 8.44. The molecule has 0 aliphatic carbocycles. The lowest BCUT2D eigenvalue weighted by Crippen LogP contribution is -2.61. The highest BCUT2D eigenvalue weighted by Gasteiger charge is 2.36. The minimum atomic E-state index is -0.656. The van der Waals surface area contributed by atoms with Crippen molar-refractivity contribution in [2.75, 3.05) is 19.6 Å². The lowest BCUT2D eigenvalue weighted by atomic mass is 9.97.